The minimum atomic E-state index is -0.472. The Kier molecular flexibility index (Phi) is 4.16. The van der Waals surface area contributed by atoms with Crippen LogP contribution in [-0.4, -0.2) is 19.1 Å². The fourth-order valence-electron chi connectivity index (χ4n) is 0.234. The van der Waals surface area contributed by atoms with Crippen molar-refractivity contribution in [2.24, 2.45) is 0 Å². The lowest BCUT2D eigenvalue weighted by molar-refractivity contribution is -0.119. The van der Waals surface area contributed by atoms with Gasteiger partial charge in [-0.1, -0.05) is 0 Å². The van der Waals surface area contributed by atoms with Crippen molar-refractivity contribution in [1.82, 2.24) is 10.9 Å². The fraction of sp³-hybridized carbons (Fsp3) is 0.750. The van der Waals surface area contributed by atoms with Crippen molar-refractivity contribution in [3.8, 4) is 0 Å². The maximum Gasteiger partial charge on any atom is 0.230 e. The monoisotopic (exact) mass is 120 g/mol. The summed E-state index contributed by atoms with van der Waals surface area (Å²) < 4.78 is 11.2. The first-order chi connectivity index (χ1) is 3.77. The van der Waals surface area contributed by atoms with Gasteiger partial charge in [0.15, 0.2) is 0 Å². The zero-order valence-electron chi connectivity index (χ0n) is 4.70. The van der Waals surface area contributed by atoms with Gasteiger partial charge in [-0.15, -0.1) is 0 Å². The predicted octanol–water partition coefficient (Wildman–Crippen LogP) is -0.403. The molecule has 2 N–H and O–H groups in total. The highest BCUT2D eigenvalue weighted by atomic mass is 19.1. The largest absolute Gasteiger partial charge is 0.292 e. The Balaban J connectivity index is 2.82. The molecular weight excluding hydrogens is 111 g/mol. The van der Waals surface area contributed by atoms with Crippen molar-refractivity contribution in [2.75, 3.05) is 13.2 Å². The van der Waals surface area contributed by atoms with Gasteiger partial charge in [0.25, 0.3) is 0 Å². The summed E-state index contributed by atoms with van der Waals surface area (Å²) in [6, 6.07) is 0. The molecule has 0 aromatic carbocycles. The quantitative estimate of drug-likeness (QED) is 0.393. The van der Waals surface area contributed by atoms with Gasteiger partial charge in [0.2, 0.25) is 5.91 Å². The highest BCUT2D eigenvalue weighted by Crippen LogP contribution is 1.59. The van der Waals surface area contributed by atoms with E-state index < -0.39 is 6.67 Å². The van der Waals surface area contributed by atoms with Crippen LogP contribution in [0.3, 0.4) is 0 Å². The molecule has 0 saturated carbocycles. The van der Waals surface area contributed by atoms with Crippen LogP contribution in [0.5, 0.6) is 0 Å². The number of halogens is 1. The standard InChI is InChI=1S/C4H9FN2O/c1-4(8)7-6-3-2-5/h6H,2-3H2,1H3,(H,7,8). The molecular formula is C4H9FN2O. The topological polar surface area (TPSA) is 41.1 Å². The zero-order valence-corrected chi connectivity index (χ0v) is 4.70. The van der Waals surface area contributed by atoms with Gasteiger partial charge in [-0.25, -0.2) is 9.82 Å². The van der Waals surface area contributed by atoms with E-state index in [-0.39, 0.29) is 12.5 Å². The van der Waals surface area contributed by atoms with Crippen LogP contribution in [0.15, 0.2) is 0 Å². The van der Waals surface area contributed by atoms with Crippen molar-refractivity contribution >= 4 is 5.91 Å². The lowest BCUT2D eigenvalue weighted by atomic mass is 10.7. The highest BCUT2D eigenvalue weighted by molar-refractivity contribution is 5.72. The minimum absolute atomic E-state index is 0.166. The van der Waals surface area contributed by atoms with Crippen molar-refractivity contribution in [1.29, 1.82) is 0 Å². The van der Waals surface area contributed by atoms with Crippen molar-refractivity contribution in [3.05, 3.63) is 0 Å². The molecule has 0 spiro atoms. The summed E-state index contributed by atoms with van der Waals surface area (Å²) in [4.78, 5) is 10.0. The molecule has 0 atom stereocenters. The summed E-state index contributed by atoms with van der Waals surface area (Å²) in [5, 5.41) is 0. The smallest absolute Gasteiger partial charge is 0.230 e. The average Bonchev–Trinajstić information content (AvgIpc) is 1.66. The first-order valence-corrected chi connectivity index (χ1v) is 2.32. The Hall–Kier alpha value is -0.640. The molecule has 0 aliphatic rings. The number of carbonyl (C=O) groups is 1. The van der Waals surface area contributed by atoms with E-state index in [0.29, 0.717) is 0 Å². The van der Waals surface area contributed by atoms with E-state index in [1.807, 2.05) is 0 Å². The lowest BCUT2D eigenvalue weighted by Gasteiger charge is -1.98. The molecule has 0 rings (SSSR count). The molecule has 0 aromatic rings. The van der Waals surface area contributed by atoms with Crippen LogP contribution >= 0.6 is 0 Å². The van der Waals surface area contributed by atoms with E-state index in [1.54, 1.807) is 0 Å². The summed E-state index contributed by atoms with van der Waals surface area (Å²) in [5.74, 6) is -0.210. The molecule has 1 amide bonds. The van der Waals surface area contributed by atoms with E-state index in [2.05, 4.69) is 10.9 Å². The summed E-state index contributed by atoms with van der Waals surface area (Å²) in [7, 11) is 0. The SMILES string of the molecule is CC(=O)NNCCF. The molecule has 4 heteroatoms. The fourth-order valence-corrected chi connectivity index (χ4v) is 0.234. The summed E-state index contributed by atoms with van der Waals surface area (Å²) >= 11 is 0. The second-order valence-corrected chi connectivity index (χ2v) is 1.30. The van der Waals surface area contributed by atoms with Crippen LogP contribution in [0.1, 0.15) is 6.92 Å². The molecule has 0 aromatic heterocycles. The Bertz CT molecular complexity index is 76.4. The Morgan fingerprint density at radius 1 is 1.75 bits per heavy atom. The first kappa shape index (κ1) is 7.36. The van der Waals surface area contributed by atoms with Gasteiger partial charge in [0.1, 0.15) is 6.67 Å². The minimum Gasteiger partial charge on any atom is -0.292 e. The Morgan fingerprint density at radius 2 is 2.38 bits per heavy atom. The van der Waals surface area contributed by atoms with E-state index in [4.69, 9.17) is 0 Å². The van der Waals surface area contributed by atoms with Gasteiger partial charge in [-0.2, -0.15) is 0 Å². The molecule has 8 heavy (non-hydrogen) atoms. The van der Waals surface area contributed by atoms with E-state index >= 15 is 0 Å². The number of hydrazine groups is 1. The van der Waals surface area contributed by atoms with E-state index in [9.17, 15) is 9.18 Å². The van der Waals surface area contributed by atoms with Gasteiger partial charge in [-0.3, -0.25) is 10.2 Å². The highest BCUT2D eigenvalue weighted by Gasteiger charge is 1.85. The van der Waals surface area contributed by atoms with Gasteiger partial charge in [0, 0.05) is 13.5 Å². The summed E-state index contributed by atoms with van der Waals surface area (Å²) in [6.45, 7) is 1.05. The van der Waals surface area contributed by atoms with Crippen LogP contribution in [0.25, 0.3) is 0 Å². The number of alkyl halides is 1. The number of rotatable bonds is 3. The Morgan fingerprint density at radius 3 is 2.75 bits per heavy atom. The average molecular weight is 120 g/mol. The molecule has 3 nitrogen and oxygen atoms in total. The summed E-state index contributed by atoms with van der Waals surface area (Å²) in [5.41, 5.74) is 4.58. The van der Waals surface area contributed by atoms with Crippen molar-refractivity contribution in [3.63, 3.8) is 0 Å². The molecule has 0 radical (unpaired) electrons. The third-order valence-electron chi connectivity index (χ3n) is 0.484. The molecule has 0 aliphatic heterocycles. The zero-order chi connectivity index (χ0) is 6.41. The molecule has 48 valence electrons. The normalized spacial score (nSPS) is 8.75. The molecule has 0 unspecified atom stereocenters. The van der Waals surface area contributed by atoms with E-state index in [1.165, 1.54) is 6.92 Å². The molecule has 0 aliphatic carbocycles. The second-order valence-electron chi connectivity index (χ2n) is 1.30. The third kappa shape index (κ3) is 5.36. The Labute approximate surface area is 47.2 Å². The lowest BCUT2D eigenvalue weighted by Crippen LogP contribution is -2.36. The van der Waals surface area contributed by atoms with Crippen molar-refractivity contribution < 1.29 is 9.18 Å². The molecule has 0 heterocycles. The number of amides is 1. The maximum absolute atomic E-state index is 11.2. The molecule has 0 saturated heterocycles. The predicted molar refractivity (Wildman–Crippen MR) is 27.8 cm³/mol. The van der Waals surface area contributed by atoms with Crippen LogP contribution in [0, 0.1) is 0 Å². The van der Waals surface area contributed by atoms with E-state index in [0.717, 1.165) is 0 Å². The van der Waals surface area contributed by atoms with Crippen LogP contribution < -0.4 is 10.9 Å². The number of hydrogen-bond donors (Lipinski definition) is 2. The summed E-state index contributed by atoms with van der Waals surface area (Å²) in [6.07, 6.45) is 0. The van der Waals surface area contributed by atoms with Gasteiger partial charge >= 0.3 is 0 Å². The van der Waals surface area contributed by atoms with Gasteiger partial charge in [-0.05, 0) is 0 Å². The van der Waals surface area contributed by atoms with Crippen LogP contribution in [0.2, 0.25) is 0 Å². The molecule has 0 bridgehead atoms. The third-order valence-corrected chi connectivity index (χ3v) is 0.484. The maximum atomic E-state index is 11.2. The second kappa shape index (κ2) is 4.52. The van der Waals surface area contributed by atoms with Crippen molar-refractivity contribution in [2.45, 2.75) is 6.92 Å². The number of carbonyl (C=O) groups excluding carboxylic acids is 1. The van der Waals surface area contributed by atoms with Crippen LogP contribution in [-0.2, 0) is 4.79 Å². The van der Waals surface area contributed by atoms with Crippen LogP contribution in [0.4, 0.5) is 4.39 Å². The number of nitrogens with one attached hydrogen (secondary N) is 2. The molecule has 0 fully saturated rings. The number of hydrogen-bond acceptors (Lipinski definition) is 2. The van der Waals surface area contributed by atoms with Gasteiger partial charge in [0.05, 0.1) is 0 Å². The van der Waals surface area contributed by atoms with Gasteiger partial charge < -0.3 is 0 Å². The first-order valence-electron chi connectivity index (χ1n) is 2.32.